The molecule has 7 rings (SSSR count). The molecule has 0 saturated carbocycles. The average Bonchev–Trinajstić information content (AvgIpc) is 3.15. The molecular formula is C33H28ClN3O. The monoisotopic (exact) mass is 517 g/mol. The lowest BCUT2D eigenvalue weighted by atomic mass is 9.78. The summed E-state index contributed by atoms with van der Waals surface area (Å²) in [4.78, 5) is 13.9. The number of para-hydroxylation sites is 3. The Kier molecular flexibility index (Phi) is 5.52. The van der Waals surface area contributed by atoms with E-state index in [1.165, 1.54) is 21.8 Å². The first-order valence-electron chi connectivity index (χ1n) is 13.3. The van der Waals surface area contributed by atoms with Crippen molar-refractivity contribution in [1.29, 1.82) is 0 Å². The van der Waals surface area contributed by atoms with E-state index >= 15 is 0 Å². The largest absolute Gasteiger partial charge is 0.372 e. The lowest BCUT2D eigenvalue weighted by molar-refractivity contribution is -0.116. The minimum atomic E-state index is -0.243. The summed E-state index contributed by atoms with van der Waals surface area (Å²) >= 11 is 6.14. The summed E-state index contributed by atoms with van der Waals surface area (Å²) < 4.78 is 2.36. The van der Waals surface area contributed by atoms with Gasteiger partial charge in [-0.2, -0.15) is 0 Å². The van der Waals surface area contributed by atoms with Gasteiger partial charge in [0.15, 0.2) is 5.78 Å². The topological polar surface area (TPSA) is 46.1 Å². The number of benzene rings is 4. The zero-order chi connectivity index (χ0) is 25.8. The van der Waals surface area contributed by atoms with Gasteiger partial charge in [-0.3, -0.25) is 4.79 Å². The van der Waals surface area contributed by atoms with Gasteiger partial charge < -0.3 is 15.2 Å². The second-order valence-corrected chi connectivity index (χ2v) is 10.7. The molecule has 0 amide bonds. The number of Topliss-reactive ketones (excluding diaryl/α,β-unsaturated/α-hetero) is 1. The van der Waals surface area contributed by atoms with Gasteiger partial charge >= 0.3 is 0 Å². The SMILES string of the molecule is CCn1c2ccccc2c2cc([C@@H]3Nc4ccccc4NC4=C3C(=O)C[C@@H](c3ccc(Cl)cc3)C4)ccc21. The van der Waals surface area contributed by atoms with Crippen LogP contribution >= 0.6 is 11.6 Å². The Morgan fingerprint density at radius 3 is 2.34 bits per heavy atom. The summed E-state index contributed by atoms with van der Waals surface area (Å²) in [6.45, 7) is 3.09. The first kappa shape index (κ1) is 23.1. The Bertz CT molecular complexity index is 1750. The molecule has 0 fully saturated rings. The lowest BCUT2D eigenvalue weighted by Crippen LogP contribution is -2.26. The van der Waals surface area contributed by atoms with Crippen LogP contribution in [0.15, 0.2) is 102 Å². The standard InChI is InChI=1S/C33H28ClN3O/c1-2-37-29-10-6-3-7-24(29)25-17-21(13-16-30(25)37)33-32-28(35-26-8-4-5-9-27(26)36-33)18-22(19-31(32)38)20-11-14-23(34)15-12-20/h3-17,22,33,35-36H,2,18-19H2,1H3/t22-,33-/m0/s1. The number of aromatic nitrogens is 1. The van der Waals surface area contributed by atoms with Crippen LogP contribution in [0.1, 0.15) is 42.9 Å². The number of fused-ring (bicyclic) bond motifs is 4. The second-order valence-electron chi connectivity index (χ2n) is 10.3. The fourth-order valence-electron chi connectivity index (χ4n) is 6.30. The van der Waals surface area contributed by atoms with Gasteiger partial charge in [-0.1, -0.05) is 60.1 Å². The number of nitrogens with one attached hydrogen (secondary N) is 2. The highest BCUT2D eigenvalue weighted by atomic mass is 35.5. The predicted octanol–water partition coefficient (Wildman–Crippen LogP) is 8.45. The van der Waals surface area contributed by atoms with Crippen LogP contribution in [0.3, 0.4) is 0 Å². The van der Waals surface area contributed by atoms with Crippen LogP contribution < -0.4 is 10.6 Å². The Morgan fingerprint density at radius 2 is 1.53 bits per heavy atom. The number of hydrogen-bond donors (Lipinski definition) is 2. The molecule has 0 saturated heterocycles. The maximum absolute atomic E-state index is 13.9. The Labute approximate surface area is 226 Å². The Morgan fingerprint density at radius 1 is 0.816 bits per heavy atom. The van der Waals surface area contributed by atoms with Crippen LogP contribution in [0, 0.1) is 0 Å². The minimum absolute atomic E-state index is 0.113. The van der Waals surface area contributed by atoms with Crippen molar-refractivity contribution in [3.05, 3.63) is 118 Å². The fourth-order valence-corrected chi connectivity index (χ4v) is 6.43. The van der Waals surface area contributed by atoms with E-state index in [0.29, 0.717) is 11.4 Å². The summed E-state index contributed by atoms with van der Waals surface area (Å²) in [7, 11) is 0. The van der Waals surface area contributed by atoms with E-state index < -0.39 is 0 Å². The van der Waals surface area contributed by atoms with Crippen LogP contribution in [0.4, 0.5) is 11.4 Å². The molecule has 4 nitrogen and oxygen atoms in total. The molecule has 38 heavy (non-hydrogen) atoms. The third-order valence-corrected chi connectivity index (χ3v) is 8.35. The van der Waals surface area contributed by atoms with Gasteiger partial charge in [0.05, 0.1) is 17.4 Å². The molecule has 2 N–H and O–H groups in total. The van der Waals surface area contributed by atoms with E-state index in [4.69, 9.17) is 11.6 Å². The van der Waals surface area contributed by atoms with Gasteiger partial charge in [0.1, 0.15) is 0 Å². The van der Waals surface area contributed by atoms with Crippen molar-refractivity contribution < 1.29 is 4.79 Å². The number of hydrogen-bond acceptors (Lipinski definition) is 3. The molecule has 0 spiro atoms. The number of allylic oxidation sites excluding steroid dienone is 1. The molecule has 188 valence electrons. The van der Waals surface area contributed by atoms with Gasteiger partial charge in [-0.15, -0.1) is 0 Å². The molecule has 2 aliphatic rings. The number of ketones is 1. The summed E-state index contributed by atoms with van der Waals surface area (Å²) in [5, 5.41) is 10.6. The summed E-state index contributed by atoms with van der Waals surface area (Å²) in [6.07, 6.45) is 1.25. The van der Waals surface area contributed by atoms with E-state index in [-0.39, 0.29) is 17.7 Å². The predicted molar refractivity (Wildman–Crippen MR) is 157 cm³/mol. The van der Waals surface area contributed by atoms with E-state index in [9.17, 15) is 4.79 Å². The number of anilines is 2. The van der Waals surface area contributed by atoms with Gasteiger partial charge in [0.25, 0.3) is 0 Å². The number of halogens is 1. The molecule has 1 aliphatic heterocycles. The zero-order valence-electron chi connectivity index (χ0n) is 21.2. The Balaban J connectivity index is 1.38. The summed E-state index contributed by atoms with van der Waals surface area (Å²) in [5.41, 5.74) is 8.53. The number of rotatable bonds is 3. The number of carbonyl (C=O) groups is 1. The van der Waals surface area contributed by atoms with Gasteiger partial charge in [-0.05, 0) is 72.9 Å². The van der Waals surface area contributed by atoms with Crippen molar-refractivity contribution in [2.75, 3.05) is 10.6 Å². The summed E-state index contributed by atoms with van der Waals surface area (Å²) in [5.74, 6) is 0.294. The summed E-state index contributed by atoms with van der Waals surface area (Å²) in [6, 6.07) is 31.1. The Hall–Kier alpha value is -4.02. The van der Waals surface area contributed by atoms with Gasteiger partial charge in [0, 0.05) is 51.1 Å². The first-order valence-corrected chi connectivity index (χ1v) is 13.6. The normalized spacial score (nSPS) is 19.1. The van der Waals surface area contributed by atoms with Crippen LogP contribution in [0.5, 0.6) is 0 Å². The molecule has 0 radical (unpaired) electrons. The van der Waals surface area contributed by atoms with E-state index in [1.54, 1.807) is 0 Å². The highest BCUT2D eigenvalue weighted by Gasteiger charge is 2.36. The molecule has 1 aromatic heterocycles. The van der Waals surface area contributed by atoms with Crippen LogP contribution in [-0.2, 0) is 11.3 Å². The highest BCUT2D eigenvalue weighted by Crippen LogP contribution is 2.45. The third-order valence-electron chi connectivity index (χ3n) is 8.10. The molecule has 1 aliphatic carbocycles. The first-order chi connectivity index (χ1) is 18.6. The van der Waals surface area contributed by atoms with Crippen LogP contribution in [0.2, 0.25) is 5.02 Å². The minimum Gasteiger partial charge on any atom is -0.372 e. The van der Waals surface area contributed by atoms with Crippen molar-refractivity contribution in [3.63, 3.8) is 0 Å². The molecule has 5 heteroatoms. The number of carbonyl (C=O) groups excluding carboxylic acids is 1. The maximum Gasteiger partial charge on any atom is 0.163 e. The zero-order valence-corrected chi connectivity index (χ0v) is 21.9. The number of aryl methyl sites for hydroxylation is 1. The van der Waals surface area contributed by atoms with Crippen molar-refractivity contribution in [3.8, 4) is 0 Å². The quantitative estimate of drug-likeness (QED) is 0.252. The molecule has 2 atom stereocenters. The van der Waals surface area contributed by atoms with Crippen molar-refractivity contribution in [2.45, 2.75) is 38.3 Å². The third kappa shape index (κ3) is 3.71. The van der Waals surface area contributed by atoms with Crippen molar-refractivity contribution >= 4 is 50.6 Å². The van der Waals surface area contributed by atoms with E-state index in [1.807, 2.05) is 36.4 Å². The molecular weight excluding hydrogens is 490 g/mol. The average molecular weight is 518 g/mol. The molecule has 5 aromatic rings. The second kappa shape index (κ2) is 9.07. The molecule has 0 bridgehead atoms. The smallest absolute Gasteiger partial charge is 0.163 e. The molecule has 4 aromatic carbocycles. The van der Waals surface area contributed by atoms with E-state index in [2.05, 4.69) is 76.7 Å². The van der Waals surface area contributed by atoms with Gasteiger partial charge in [0.2, 0.25) is 0 Å². The number of nitrogens with zero attached hydrogens (tertiary/aromatic N) is 1. The maximum atomic E-state index is 13.9. The van der Waals surface area contributed by atoms with Crippen LogP contribution in [-0.4, -0.2) is 10.4 Å². The molecule has 0 unspecified atom stereocenters. The lowest BCUT2D eigenvalue weighted by Gasteiger charge is -2.30. The van der Waals surface area contributed by atoms with Crippen molar-refractivity contribution in [1.82, 2.24) is 4.57 Å². The molecule has 2 heterocycles. The van der Waals surface area contributed by atoms with E-state index in [0.717, 1.165) is 46.7 Å². The van der Waals surface area contributed by atoms with Crippen LogP contribution in [0.25, 0.3) is 21.8 Å². The van der Waals surface area contributed by atoms with Crippen molar-refractivity contribution in [2.24, 2.45) is 0 Å². The highest BCUT2D eigenvalue weighted by molar-refractivity contribution is 6.30. The fraction of sp³-hybridized carbons (Fsp3) is 0.182. The van der Waals surface area contributed by atoms with Gasteiger partial charge in [-0.25, -0.2) is 0 Å².